The van der Waals surface area contributed by atoms with Crippen molar-refractivity contribution in [2.75, 3.05) is 56.2 Å². The number of fused-ring (bicyclic) bond motifs is 1. The number of para-hydroxylation sites is 1. The molecule has 0 bridgehead atoms. The van der Waals surface area contributed by atoms with Crippen LogP contribution in [-0.4, -0.2) is 67.3 Å². The highest BCUT2D eigenvalue weighted by molar-refractivity contribution is 5.96. The largest absolute Gasteiger partial charge is 0.497 e. The fourth-order valence-electron chi connectivity index (χ4n) is 4.19. The molecule has 1 aromatic heterocycles. The van der Waals surface area contributed by atoms with E-state index >= 15 is 0 Å². The Morgan fingerprint density at radius 2 is 1.90 bits per heavy atom. The maximum Gasteiger partial charge on any atom is 0.324 e. The van der Waals surface area contributed by atoms with Crippen molar-refractivity contribution in [3.63, 3.8) is 0 Å². The molecule has 0 atom stereocenters. The highest BCUT2D eigenvalue weighted by atomic mass is 16.5. The molecular formula is C23H25N5O3. The summed E-state index contributed by atoms with van der Waals surface area (Å²) >= 11 is 0. The number of ether oxygens (including phenoxy) is 1. The molecule has 1 amide bonds. The average molecular weight is 419 g/mol. The van der Waals surface area contributed by atoms with Crippen LogP contribution in [-0.2, 0) is 11.2 Å². The zero-order valence-electron chi connectivity index (χ0n) is 17.5. The van der Waals surface area contributed by atoms with Crippen LogP contribution >= 0.6 is 0 Å². The first kappa shape index (κ1) is 19.6. The summed E-state index contributed by atoms with van der Waals surface area (Å²) in [5, 5.41) is 4.12. The topological polar surface area (TPSA) is 74.9 Å². The lowest BCUT2D eigenvalue weighted by atomic mass is 10.2. The van der Waals surface area contributed by atoms with Gasteiger partial charge in [-0.3, -0.25) is 9.69 Å². The minimum absolute atomic E-state index is 0.163. The first-order valence-corrected chi connectivity index (χ1v) is 10.5. The third kappa shape index (κ3) is 3.98. The van der Waals surface area contributed by atoms with Gasteiger partial charge in [0.1, 0.15) is 5.75 Å². The molecule has 0 unspecified atom stereocenters. The number of aromatic nitrogens is 2. The van der Waals surface area contributed by atoms with Gasteiger partial charge in [-0.05, 0) is 30.2 Å². The number of benzene rings is 2. The number of rotatable bonds is 5. The molecule has 3 heterocycles. The van der Waals surface area contributed by atoms with Gasteiger partial charge in [-0.15, -0.1) is 0 Å². The van der Waals surface area contributed by atoms with E-state index in [0.29, 0.717) is 18.4 Å². The summed E-state index contributed by atoms with van der Waals surface area (Å²) in [6.45, 7) is 4.23. The number of anilines is 2. The van der Waals surface area contributed by atoms with Gasteiger partial charge >= 0.3 is 6.01 Å². The molecule has 8 nitrogen and oxygen atoms in total. The predicted molar refractivity (Wildman–Crippen MR) is 117 cm³/mol. The number of hydrogen-bond donors (Lipinski definition) is 0. The molecule has 1 fully saturated rings. The molecular weight excluding hydrogens is 394 g/mol. The van der Waals surface area contributed by atoms with Crippen LogP contribution < -0.4 is 14.5 Å². The number of carbonyl (C=O) groups excluding carboxylic acids is 1. The summed E-state index contributed by atoms with van der Waals surface area (Å²) < 4.78 is 10.8. The lowest BCUT2D eigenvalue weighted by Gasteiger charge is -2.33. The van der Waals surface area contributed by atoms with Crippen molar-refractivity contribution in [2.24, 2.45) is 0 Å². The monoisotopic (exact) mass is 419 g/mol. The molecule has 2 aliphatic heterocycles. The van der Waals surface area contributed by atoms with Gasteiger partial charge in [0.15, 0.2) is 0 Å². The van der Waals surface area contributed by atoms with Gasteiger partial charge in [0.25, 0.3) is 0 Å². The number of piperazine rings is 1. The summed E-state index contributed by atoms with van der Waals surface area (Å²) in [7, 11) is 1.63. The Morgan fingerprint density at radius 1 is 1.06 bits per heavy atom. The van der Waals surface area contributed by atoms with Crippen molar-refractivity contribution >= 4 is 17.6 Å². The van der Waals surface area contributed by atoms with Crippen LogP contribution in [0.4, 0.5) is 11.7 Å². The second kappa shape index (κ2) is 8.39. The average Bonchev–Trinajstić information content (AvgIpc) is 3.47. The molecule has 5 rings (SSSR count). The second-order valence-corrected chi connectivity index (χ2v) is 7.82. The minimum Gasteiger partial charge on any atom is -0.497 e. The van der Waals surface area contributed by atoms with E-state index in [1.807, 2.05) is 47.4 Å². The van der Waals surface area contributed by atoms with Crippen LogP contribution in [0.5, 0.6) is 5.75 Å². The van der Waals surface area contributed by atoms with E-state index in [9.17, 15) is 4.79 Å². The summed E-state index contributed by atoms with van der Waals surface area (Å²) in [6, 6.07) is 16.3. The summed E-state index contributed by atoms with van der Waals surface area (Å²) in [5.41, 5.74) is 3.16. The van der Waals surface area contributed by atoms with Crippen molar-refractivity contribution in [1.82, 2.24) is 15.0 Å². The number of carbonyl (C=O) groups is 1. The van der Waals surface area contributed by atoms with Crippen molar-refractivity contribution < 1.29 is 14.1 Å². The Morgan fingerprint density at radius 3 is 2.74 bits per heavy atom. The third-order valence-electron chi connectivity index (χ3n) is 5.93. The van der Waals surface area contributed by atoms with Crippen LogP contribution in [0.15, 0.2) is 53.1 Å². The minimum atomic E-state index is 0.163. The molecule has 0 N–H and O–H groups in total. The maximum absolute atomic E-state index is 12.9. The lowest BCUT2D eigenvalue weighted by molar-refractivity contribution is -0.119. The molecule has 0 spiro atoms. The van der Waals surface area contributed by atoms with Gasteiger partial charge in [0, 0.05) is 44.0 Å². The standard InChI is InChI=1S/C23H25N5O3/c1-30-19-7-4-6-18(15-19)22-24-23(31-25-22)27-13-11-26(12-14-27)16-21(29)28-10-9-17-5-2-3-8-20(17)28/h2-8,15H,9-14,16H2,1H3. The van der Waals surface area contributed by atoms with Gasteiger partial charge in [-0.1, -0.05) is 35.5 Å². The van der Waals surface area contributed by atoms with Gasteiger partial charge in [-0.25, -0.2) is 0 Å². The van der Waals surface area contributed by atoms with Crippen LogP contribution in [0.2, 0.25) is 0 Å². The first-order valence-electron chi connectivity index (χ1n) is 10.5. The number of hydrogen-bond acceptors (Lipinski definition) is 7. The van der Waals surface area contributed by atoms with Crippen molar-refractivity contribution in [3.05, 3.63) is 54.1 Å². The van der Waals surface area contributed by atoms with E-state index in [-0.39, 0.29) is 5.91 Å². The van der Waals surface area contributed by atoms with E-state index in [1.54, 1.807) is 7.11 Å². The molecule has 2 aliphatic rings. The fraction of sp³-hybridized carbons (Fsp3) is 0.348. The van der Waals surface area contributed by atoms with Crippen molar-refractivity contribution in [2.45, 2.75) is 6.42 Å². The van der Waals surface area contributed by atoms with Gasteiger partial charge in [0.2, 0.25) is 11.7 Å². The Balaban J connectivity index is 1.18. The van der Waals surface area contributed by atoms with Crippen molar-refractivity contribution in [3.8, 4) is 17.1 Å². The van der Waals surface area contributed by atoms with E-state index in [1.165, 1.54) is 5.56 Å². The molecule has 0 aliphatic carbocycles. The van der Waals surface area contributed by atoms with Gasteiger partial charge in [-0.2, -0.15) is 4.98 Å². The highest BCUT2D eigenvalue weighted by Crippen LogP contribution is 2.28. The molecule has 160 valence electrons. The van der Waals surface area contributed by atoms with Crippen molar-refractivity contribution in [1.29, 1.82) is 0 Å². The molecule has 31 heavy (non-hydrogen) atoms. The molecule has 1 saturated heterocycles. The SMILES string of the molecule is COc1cccc(-c2noc(N3CCN(CC(=O)N4CCc5ccccc54)CC3)n2)c1. The van der Waals surface area contributed by atoms with Gasteiger partial charge in [0.05, 0.1) is 13.7 Å². The Labute approximate surface area is 181 Å². The number of methoxy groups -OCH3 is 1. The van der Waals surface area contributed by atoms with E-state index in [2.05, 4.69) is 26.0 Å². The summed E-state index contributed by atoms with van der Waals surface area (Å²) in [6.07, 6.45) is 0.933. The maximum atomic E-state index is 12.9. The highest BCUT2D eigenvalue weighted by Gasteiger charge is 2.28. The van der Waals surface area contributed by atoms with E-state index in [0.717, 1.165) is 56.1 Å². The van der Waals surface area contributed by atoms with Crippen LogP contribution in [0.3, 0.4) is 0 Å². The summed E-state index contributed by atoms with van der Waals surface area (Å²) in [4.78, 5) is 23.6. The fourth-order valence-corrected chi connectivity index (χ4v) is 4.19. The molecule has 0 saturated carbocycles. The third-order valence-corrected chi connectivity index (χ3v) is 5.93. The van der Waals surface area contributed by atoms with Crippen LogP contribution in [0, 0.1) is 0 Å². The zero-order chi connectivity index (χ0) is 21.2. The Kier molecular flexibility index (Phi) is 5.30. The molecule has 3 aromatic rings. The second-order valence-electron chi connectivity index (χ2n) is 7.82. The number of amides is 1. The van der Waals surface area contributed by atoms with E-state index in [4.69, 9.17) is 9.26 Å². The summed E-state index contributed by atoms with van der Waals surface area (Å²) in [5.74, 6) is 1.46. The van der Waals surface area contributed by atoms with E-state index < -0.39 is 0 Å². The molecule has 8 heteroatoms. The molecule has 2 aromatic carbocycles. The predicted octanol–water partition coefficient (Wildman–Crippen LogP) is 2.46. The van der Waals surface area contributed by atoms with Crippen LogP contribution in [0.1, 0.15) is 5.56 Å². The first-order chi connectivity index (χ1) is 15.2. The molecule has 0 radical (unpaired) electrons. The smallest absolute Gasteiger partial charge is 0.324 e. The Bertz CT molecular complexity index is 1070. The lowest BCUT2D eigenvalue weighted by Crippen LogP contribution is -2.50. The van der Waals surface area contributed by atoms with Gasteiger partial charge < -0.3 is 19.1 Å². The quantitative estimate of drug-likeness (QED) is 0.629. The number of nitrogens with zero attached hydrogens (tertiary/aromatic N) is 5. The zero-order valence-corrected chi connectivity index (χ0v) is 17.5. The normalized spacial score (nSPS) is 16.4. The van der Waals surface area contributed by atoms with Crippen LogP contribution in [0.25, 0.3) is 11.4 Å². The Hall–Kier alpha value is -3.39.